The van der Waals surface area contributed by atoms with Gasteiger partial charge in [0, 0.05) is 31.9 Å². The van der Waals surface area contributed by atoms with Crippen LogP contribution in [-0.2, 0) is 23.1 Å². The first-order valence-electron chi connectivity index (χ1n) is 10.3. The smallest absolute Gasteiger partial charge is 0.279 e. The Morgan fingerprint density at radius 3 is 2.62 bits per heavy atom. The van der Waals surface area contributed by atoms with E-state index in [2.05, 4.69) is 5.32 Å². The van der Waals surface area contributed by atoms with Crippen LogP contribution in [0.1, 0.15) is 5.69 Å². The molecule has 0 bridgehead atoms. The van der Waals surface area contributed by atoms with Crippen molar-refractivity contribution in [2.24, 2.45) is 7.05 Å². The lowest BCUT2D eigenvalue weighted by atomic mass is 10.2. The second-order valence-electron chi connectivity index (χ2n) is 7.60. The lowest BCUT2D eigenvalue weighted by molar-refractivity contribution is -0.116. The van der Waals surface area contributed by atoms with Crippen LogP contribution < -0.4 is 25.2 Å². The molecule has 1 saturated heterocycles. The van der Waals surface area contributed by atoms with Gasteiger partial charge < -0.3 is 29.0 Å². The lowest BCUT2D eigenvalue weighted by Crippen LogP contribution is -2.42. The van der Waals surface area contributed by atoms with Crippen LogP contribution in [-0.4, -0.2) is 60.5 Å². The number of methoxy groups -OCH3 is 2. The summed E-state index contributed by atoms with van der Waals surface area (Å²) in [6, 6.07) is 7.00. The summed E-state index contributed by atoms with van der Waals surface area (Å²) in [4.78, 5) is 33.2. The molecule has 0 spiro atoms. The Balaban J connectivity index is 1.73. The van der Waals surface area contributed by atoms with Gasteiger partial charge in [-0.25, -0.2) is 4.98 Å². The van der Waals surface area contributed by atoms with Gasteiger partial charge in [0.1, 0.15) is 23.6 Å². The fraction of sp³-hybridized carbons (Fsp3) is 0.409. The topological polar surface area (TPSA) is 99.8 Å². The number of hydrogen-bond acceptors (Lipinski definition) is 7. The number of nitrogens with one attached hydrogen (secondary N) is 1. The number of aryl methyl sites for hydroxylation is 2. The van der Waals surface area contributed by atoms with Gasteiger partial charge in [0.25, 0.3) is 5.56 Å². The molecule has 4 rings (SSSR count). The molecule has 0 saturated carbocycles. The van der Waals surface area contributed by atoms with Crippen molar-refractivity contribution in [2.75, 3.05) is 50.7 Å². The van der Waals surface area contributed by atoms with Crippen LogP contribution in [0, 0.1) is 6.92 Å². The van der Waals surface area contributed by atoms with Crippen molar-refractivity contribution in [3.63, 3.8) is 0 Å². The molecule has 1 aliphatic rings. The molecule has 0 atom stereocenters. The van der Waals surface area contributed by atoms with Gasteiger partial charge in [-0.05, 0) is 25.1 Å². The highest BCUT2D eigenvalue weighted by Crippen LogP contribution is 2.29. The maximum absolute atomic E-state index is 13.5. The van der Waals surface area contributed by atoms with Gasteiger partial charge in [0.2, 0.25) is 11.9 Å². The van der Waals surface area contributed by atoms with Crippen LogP contribution >= 0.6 is 0 Å². The van der Waals surface area contributed by atoms with E-state index in [0.29, 0.717) is 60.5 Å². The summed E-state index contributed by atoms with van der Waals surface area (Å²) in [5.41, 5.74) is 2.19. The first-order valence-corrected chi connectivity index (χ1v) is 10.3. The maximum Gasteiger partial charge on any atom is 0.279 e. The van der Waals surface area contributed by atoms with E-state index in [1.165, 1.54) is 11.7 Å². The maximum atomic E-state index is 13.5. The SMILES string of the molecule is COc1ccc(OC)c(NC(=O)Cn2c(N3CCOCC3)nc3cc(C)n(C)c3c2=O)c1. The summed E-state index contributed by atoms with van der Waals surface area (Å²) in [6.45, 7) is 3.98. The molecule has 170 valence electrons. The summed E-state index contributed by atoms with van der Waals surface area (Å²) in [5, 5.41) is 2.83. The summed E-state index contributed by atoms with van der Waals surface area (Å²) in [7, 11) is 4.89. The molecule has 32 heavy (non-hydrogen) atoms. The molecule has 10 heteroatoms. The number of amides is 1. The van der Waals surface area contributed by atoms with Crippen LogP contribution in [0.15, 0.2) is 29.1 Å². The van der Waals surface area contributed by atoms with Crippen molar-refractivity contribution in [3.8, 4) is 11.5 Å². The Kier molecular flexibility index (Phi) is 6.04. The quantitative estimate of drug-likeness (QED) is 0.619. The minimum absolute atomic E-state index is 0.195. The number of carbonyl (C=O) groups is 1. The zero-order valence-corrected chi connectivity index (χ0v) is 18.7. The molecular weight excluding hydrogens is 414 g/mol. The zero-order chi connectivity index (χ0) is 22.8. The Labute approximate surface area is 185 Å². The molecule has 3 aromatic rings. The molecule has 0 aliphatic carbocycles. The van der Waals surface area contributed by atoms with E-state index in [1.54, 1.807) is 29.9 Å². The molecule has 2 aromatic heterocycles. The second kappa shape index (κ2) is 8.91. The predicted octanol–water partition coefficient (Wildman–Crippen LogP) is 1.54. The molecule has 1 aromatic carbocycles. The standard InChI is InChI=1S/C22H27N5O5/c1-14-11-17-20(25(14)2)21(29)27(22(24-17)26-7-9-32-10-8-26)13-19(28)23-16-12-15(30-3)5-6-18(16)31-4/h5-6,11-12H,7-10,13H2,1-4H3,(H,23,28). The lowest BCUT2D eigenvalue weighted by Gasteiger charge is -2.29. The summed E-state index contributed by atoms with van der Waals surface area (Å²) in [5.74, 6) is 1.16. The summed E-state index contributed by atoms with van der Waals surface area (Å²) < 4.78 is 19.2. The average molecular weight is 441 g/mol. The molecule has 0 unspecified atom stereocenters. The molecule has 0 radical (unpaired) electrons. The number of aromatic nitrogens is 3. The number of anilines is 2. The number of rotatable bonds is 6. The van der Waals surface area contributed by atoms with Gasteiger partial charge in [-0.15, -0.1) is 0 Å². The Bertz CT molecular complexity index is 1210. The Hall–Kier alpha value is -3.53. The largest absolute Gasteiger partial charge is 0.497 e. The summed E-state index contributed by atoms with van der Waals surface area (Å²) >= 11 is 0. The molecule has 10 nitrogen and oxygen atoms in total. The molecular formula is C22H27N5O5. The number of fused-ring (bicyclic) bond motifs is 1. The van der Waals surface area contributed by atoms with Crippen molar-refractivity contribution in [1.29, 1.82) is 0 Å². The highest BCUT2D eigenvalue weighted by molar-refractivity contribution is 5.93. The first-order chi connectivity index (χ1) is 15.4. The highest BCUT2D eigenvalue weighted by Gasteiger charge is 2.23. The number of benzene rings is 1. The third kappa shape index (κ3) is 4.01. The molecule has 1 aliphatic heterocycles. The molecule has 1 amide bonds. The van der Waals surface area contributed by atoms with Gasteiger partial charge in [-0.3, -0.25) is 14.2 Å². The zero-order valence-electron chi connectivity index (χ0n) is 18.7. The van der Waals surface area contributed by atoms with Crippen molar-refractivity contribution in [1.82, 2.24) is 14.1 Å². The van der Waals surface area contributed by atoms with Gasteiger partial charge in [-0.1, -0.05) is 0 Å². The minimum Gasteiger partial charge on any atom is -0.497 e. The van der Waals surface area contributed by atoms with Crippen LogP contribution in [0.3, 0.4) is 0 Å². The summed E-state index contributed by atoms with van der Waals surface area (Å²) in [6.07, 6.45) is 0. The fourth-order valence-electron chi connectivity index (χ4n) is 3.83. The number of ether oxygens (including phenoxy) is 3. The number of carbonyl (C=O) groups excluding carboxylic acids is 1. The van der Waals surface area contributed by atoms with E-state index >= 15 is 0 Å². The monoisotopic (exact) mass is 441 g/mol. The van der Waals surface area contributed by atoms with Crippen molar-refractivity contribution in [3.05, 3.63) is 40.3 Å². The highest BCUT2D eigenvalue weighted by atomic mass is 16.5. The normalized spacial score (nSPS) is 13.9. The molecule has 3 heterocycles. The van der Waals surface area contributed by atoms with E-state index < -0.39 is 0 Å². The fourth-order valence-corrected chi connectivity index (χ4v) is 3.83. The van der Waals surface area contributed by atoms with Gasteiger partial charge in [-0.2, -0.15) is 0 Å². The van der Waals surface area contributed by atoms with E-state index in [-0.39, 0.29) is 18.0 Å². The van der Waals surface area contributed by atoms with Crippen LogP contribution in [0.2, 0.25) is 0 Å². The second-order valence-corrected chi connectivity index (χ2v) is 7.60. The van der Waals surface area contributed by atoms with Crippen LogP contribution in [0.25, 0.3) is 11.0 Å². The van der Waals surface area contributed by atoms with Gasteiger partial charge >= 0.3 is 0 Å². The van der Waals surface area contributed by atoms with E-state index in [0.717, 1.165) is 5.69 Å². The first kappa shape index (κ1) is 21.7. The third-order valence-electron chi connectivity index (χ3n) is 5.64. The van der Waals surface area contributed by atoms with E-state index in [1.807, 2.05) is 24.9 Å². The van der Waals surface area contributed by atoms with Crippen LogP contribution in [0.5, 0.6) is 11.5 Å². The van der Waals surface area contributed by atoms with Crippen LogP contribution in [0.4, 0.5) is 11.6 Å². The minimum atomic E-state index is -0.375. The van der Waals surface area contributed by atoms with Crippen molar-refractivity contribution in [2.45, 2.75) is 13.5 Å². The van der Waals surface area contributed by atoms with E-state index in [9.17, 15) is 9.59 Å². The van der Waals surface area contributed by atoms with Gasteiger partial charge in [0.15, 0.2) is 0 Å². The number of hydrogen-bond donors (Lipinski definition) is 1. The third-order valence-corrected chi connectivity index (χ3v) is 5.64. The molecule has 1 N–H and O–H groups in total. The Morgan fingerprint density at radius 1 is 1.19 bits per heavy atom. The van der Waals surface area contributed by atoms with Crippen molar-refractivity contribution >= 4 is 28.6 Å². The van der Waals surface area contributed by atoms with E-state index in [4.69, 9.17) is 19.2 Å². The number of morpholine rings is 1. The number of nitrogens with zero attached hydrogens (tertiary/aromatic N) is 4. The van der Waals surface area contributed by atoms with Gasteiger partial charge in [0.05, 0.1) is 38.6 Å². The Morgan fingerprint density at radius 2 is 1.94 bits per heavy atom. The predicted molar refractivity (Wildman–Crippen MR) is 121 cm³/mol. The van der Waals surface area contributed by atoms with Crippen molar-refractivity contribution < 1.29 is 19.0 Å². The average Bonchev–Trinajstić information content (AvgIpc) is 3.09. The molecule has 1 fully saturated rings.